The maximum absolute atomic E-state index is 5.43. The first kappa shape index (κ1) is 17.3. The Kier molecular flexibility index (Phi) is 4.71. The Hall–Kier alpha value is -2.48. The lowest BCUT2D eigenvalue weighted by Gasteiger charge is -2.18. The normalized spacial score (nSPS) is 12.2. The van der Waals surface area contributed by atoms with Crippen molar-refractivity contribution in [1.29, 1.82) is 0 Å². The van der Waals surface area contributed by atoms with Gasteiger partial charge >= 0.3 is 0 Å². The highest BCUT2D eigenvalue weighted by Gasteiger charge is 2.18. The summed E-state index contributed by atoms with van der Waals surface area (Å²) in [6.45, 7) is 4.06. The number of nitrogens with zero attached hydrogens (tertiary/aromatic N) is 3. The van der Waals surface area contributed by atoms with Crippen LogP contribution in [0.15, 0.2) is 12.1 Å². The Morgan fingerprint density at radius 2 is 1.76 bits per heavy atom. The average molecular weight is 362 g/mol. The van der Waals surface area contributed by atoms with Crippen LogP contribution in [0.3, 0.4) is 0 Å². The zero-order valence-corrected chi connectivity index (χ0v) is 16.0. The first-order valence-electron chi connectivity index (χ1n) is 7.85. The number of hydrogen-bond donors (Lipinski definition) is 1. The zero-order valence-electron chi connectivity index (χ0n) is 15.2. The summed E-state index contributed by atoms with van der Waals surface area (Å²) in [7, 11) is 6.73. The lowest BCUT2D eigenvalue weighted by Crippen LogP contribution is -2.08. The van der Waals surface area contributed by atoms with Gasteiger partial charge < -0.3 is 19.5 Å². The van der Waals surface area contributed by atoms with E-state index < -0.39 is 0 Å². The molecule has 0 spiro atoms. The van der Waals surface area contributed by atoms with Gasteiger partial charge in [-0.2, -0.15) is 5.10 Å². The molecule has 134 valence electrons. The fraction of sp³-hybridized carbons (Fsp3) is 0.412. The number of aromatic nitrogens is 3. The molecule has 0 amide bonds. The topological polar surface area (TPSA) is 70.4 Å². The number of fused-ring (bicyclic) bond motifs is 1. The molecule has 0 aliphatic heterocycles. The summed E-state index contributed by atoms with van der Waals surface area (Å²) < 4.78 is 19.1. The van der Waals surface area contributed by atoms with Crippen LogP contribution in [0.25, 0.3) is 10.3 Å². The monoisotopic (exact) mass is 362 g/mol. The van der Waals surface area contributed by atoms with Crippen LogP contribution in [0, 0.1) is 6.92 Å². The van der Waals surface area contributed by atoms with Crippen molar-refractivity contribution < 1.29 is 14.2 Å². The van der Waals surface area contributed by atoms with Crippen molar-refractivity contribution in [2.24, 2.45) is 7.05 Å². The molecule has 0 saturated carbocycles. The highest BCUT2D eigenvalue weighted by atomic mass is 32.1. The third kappa shape index (κ3) is 3.09. The minimum absolute atomic E-state index is 0.0162. The summed E-state index contributed by atoms with van der Waals surface area (Å²) in [6.07, 6.45) is 0. The third-order valence-electron chi connectivity index (χ3n) is 4.07. The van der Waals surface area contributed by atoms with Crippen molar-refractivity contribution in [3.63, 3.8) is 0 Å². The van der Waals surface area contributed by atoms with Gasteiger partial charge in [-0.25, -0.2) is 9.67 Å². The van der Waals surface area contributed by atoms with Gasteiger partial charge in [0.2, 0.25) is 5.75 Å². The van der Waals surface area contributed by atoms with Crippen LogP contribution >= 0.6 is 11.3 Å². The van der Waals surface area contributed by atoms with E-state index in [1.807, 2.05) is 26.1 Å². The molecule has 0 fully saturated rings. The minimum Gasteiger partial charge on any atom is -0.493 e. The first-order chi connectivity index (χ1) is 12.0. The SMILES string of the molecule is COc1cc([C@@H](C)Nc2nc3c(s2)c(C)nn3C)cc(OC)c1OC. The second kappa shape index (κ2) is 6.79. The van der Waals surface area contributed by atoms with Gasteiger partial charge in [-0.1, -0.05) is 11.3 Å². The van der Waals surface area contributed by atoms with E-state index in [4.69, 9.17) is 14.2 Å². The van der Waals surface area contributed by atoms with Crippen LogP contribution in [0.4, 0.5) is 5.13 Å². The molecular weight excluding hydrogens is 340 g/mol. The lowest BCUT2D eigenvalue weighted by atomic mass is 10.1. The maximum atomic E-state index is 5.43. The van der Waals surface area contributed by atoms with Crippen molar-refractivity contribution in [1.82, 2.24) is 14.8 Å². The molecule has 1 aromatic carbocycles. The molecular formula is C17H22N4O3S. The van der Waals surface area contributed by atoms with Gasteiger partial charge in [-0.05, 0) is 31.5 Å². The number of thiazole rings is 1. The van der Waals surface area contributed by atoms with E-state index in [-0.39, 0.29) is 6.04 Å². The van der Waals surface area contributed by atoms with E-state index >= 15 is 0 Å². The highest BCUT2D eigenvalue weighted by Crippen LogP contribution is 2.40. The number of hydrogen-bond acceptors (Lipinski definition) is 7. The lowest BCUT2D eigenvalue weighted by molar-refractivity contribution is 0.323. The first-order valence-corrected chi connectivity index (χ1v) is 8.66. The Morgan fingerprint density at radius 1 is 1.12 bits per heavy atom. The number of anilines is 1. The number of nitrogens with one attached hydrogen (secondary N) is 1. The summed E-state index contributed by atoms with van der Waals surface area (Å²) in [5, 5.41) is 8.68. The second-order valence-corrected chi connectivity index (χ2v) is 6.70. The summed E-state index contributed by atoms with van der Waals surface area (Å²) in [5.41, 5.74) is 2.90. The van der Waals surface area contributed by atoms with Gasteiger partial charge in [0, 0.05) is 7.05 Å². The average Bonchev–Trinajstić information content (AvgIpc) is 3.14. The van der Waals surface area contributed by atoms with Crippen LogP contribution in [0.2, 0.25) is 0 Å². The van der Waals surface area contributed by atoms with E-state index in [0.717, 1.165) is 26.7 Å². The number of aryl methyl sites for hydroxylation is 2. The minimum atomic E-state index is 0.0162. The molecule has 3 aromatic rings. The second-order valence-electron chi connectivity index (χ2n) is 5.71. The van der Waals surface area contributed by atoms with E-state index in [1.165, 1.54) is 0 Å². The molecule has 0 aliphatic carbocycles. The quantitative estimate of drug-likeness (QED) is 0.723. The summed E-state index contributed by atoms with van der Waals surface area (Å²) >= 11 is 1.60. The van der Waals surface area contributed by atoms with Gasteiger partial charge in [0.25, 0.3) is 0 Å². The van der Waals surface area contributed by atoms with Gasteiger partial charge in [0.15, 0.2) is 22.3 Å². The molecule has 2 aromatic heterocycles. The van der Waals surface area contributed by atoms with E-state index in [0.29, 0.717) is 17.2 Å². The van der Waals surface area contributed by atoms with Crippen molar-refractivity contribution in [2.75, 3.05) is 26.6 Å². The fourth-order valence-electron chi connectivity index (χ4n) is 2.77. The largest absolute Gasteiger partial charge is 0.493 e. The van der Waals surface area contributed by atoms with Crippen LogP contribution in [0.1, 0.15) is 24.2 Å². The smallest absolute Gasteiger partial charge is 0.203 e. The number of methoxy groups -OCH3 is 3. The molecule has 0 radical (unpaired) electrons. The summed E-state index contributed by atoms with van der Waals surface area (Å²) in [4.78, 5) is 4.64. The molecule has 0 bridgehead atoms. The van der Waals surface area contributed by atoms with Crippen LogP contribution in [-0.2, 0) is 7.05 Å². The Bertz CT molecular complexity index is 843. The summed E-state index contributed by atoms with van der Waals surface area (Å²) in [5.74, 6) is 1.85. The molecule has 0 saturated heterocycles. The molecule has 0 aliphatic rings. The molecule has 7 nitrogen and oxygen atoms in total. The van der Waals surface area contributed by atoms with E-state index in [1.54, 1.807) is 37.3 Å². The summed E-state index contributed by atoms with van der Waals surface area (Å²) in [6, 6.07) is 3.90. The molecule has 8 heteroatoms. The fourth-order valence-corrected chi connectivity index (χ4v) is 3.79. The molecule has 1 N–H and O–H groups in total. The van der Waals surface area contributed by atoms with Crippen LogP contribution in [-0.4, -0.2) is 36.1 Å². The van der Waals surface area contributed by atoms with Crippen molar-refractivity contribution in [2.45, 2.75) is 19.9 Å². The number of ether oxygens (including phenoxy) is 3. The maximum Gasteiger partial charge on any atom is 0.203 e. The Balaban J connectivity index is 1.91. The molecule has 0 unspecified atom stereocenters. The van der Waals surface area contributed by atoms with Gasteiger partial charge in [-0.3, -0.25) is 0 Å². The van der Waals surface area contributed by atoms with Gasteiger partial charge in [0.1, 0.15) is 0 Å². The Morgan fingerprint density at radius 3 is 2.28 bits per heavy atom. The van der Waals surface area contributed by atoms with E-state index in [2.05, 4.69) is 22.3 Å². The molecule has 2 heterocycles. The van der Waals surface area contributed by atoms with Crippen molar-refractivity contribution in [3.05, 3.63) is 23.4 Å². The van der Waals surface area contributed by atoms with Crippen molar-refractivity contribution in [3.8, 4) is 17.2 Å². The van der Waals surface area contributed by atoms with E-state index in [9.17, 15) is 0 Å². The van der Waals surface area contributed by atoms with Crippen molar-refractivity contribution >= 4 is 26.8 Å². The molecule has 25 heavy (non-hydrogen) atoms. The third-order valence-corrected chi connectivity index (χ3v) is 5.16. The highest BCUT2D eigenvalue weighted by molar-refractivity contribution is 7.22. The molecule has 3 rings (SSSR count). The Labute approximate surface area is 150 Å². The zero-order chi connectivity index (χ0) is 18.1. The number of benzene rings is 1. The van der Waals surface area contributed by atoms with Gasteiger partial charge in [-0.15, -0.1) is 0 Å². The predicted molar refractivity (Wildman–Crippen MR) is 99.3 cm³/mol. The van der Waals surface area contributed by atoms with Crippen LogP contribution < -0.4 is 19.5 Å². The predicted octanol–water partition coefficient (Wildman–Crippen LogP) is 3.54. The van der Waals surface area contributed by atoms with Gasteiger partial charge in [0.05, 0.1) is 37.8 Å². The van der Waals surface area contributed by atoms with Crippen LogP contribution in [0.5, 0.6) is 17.2 Å². The standard InChI is InChI=1S/C17H22N4O3S/c1-9(11-7-12(22-4)14(24-6)13(8-11)23-5)18-17-19-16-15(25-17)10(2)20-21(16)3/h7-9H,1-6H3,(H,18,19)/t9-/m1/s1. The number of rotatable bonds is 6. The molecule has 1 atom stereocenters.